The van der Waals surface area contributed by atoms with Crippen molar-refractivity contribution in [1.82, 2.24) is 0 Å². The van der Waals surface area contributed by atoms with Crippen LogP contribution in [0.15, 0.2) is 42.5 Å². The maximum atomic E-state index is 13.6. The van der Waals surface area contributed by atoms with Crippen LogP contribution in [0.2, 0.25) is 5.02 Å². The van der Waals surface area contributed by atoms with Gasteiger partial charge in [0.25, 0.3) is 0 Å². The van der Waals surface area contributed by atoms with Gasteiger partial charge in [-0.2, -0.15) is 0 Å². The second-order valence-electron chi connectivity index (χ2n) is 5.23. The molecular weight excluding hydrogens is 303 g/mol. The van der Waals surface area contributed by atoms with Gasteiger partial charge in [-0.1, -0.05) is 43.6 Å². The van der Waals surface area contributed by atoms with Crippen molar-refractivity contribution in [2.45, 2.75) is 26.9 Å². The molecule has 1 N–H and O–H groups in total. The Morgan fingerprint density at radius 1 is 1.09 bits per heavy atom. The summed E-state index contributed by atoms with van der Waals surface area (Å²) in [6.45, 7) is 4.50. The van der Waals surface area contributed by atoms with Crippen LogP contribution in [0, 0.1) is 11.7 Å². The number of hydrogen-bond donors (Lipinski definition) is 1. The highest BCUT2D eigenvalue weighted by molar-refractivity contribution is 6.31. The summed E-state index contributed by atoms with van der Waals surface area (Å²) >= 11 is 5.96. The van der Waals surface area contributed by atoms with Crippen LogP contribution in [0.4, 0.5) is 4.39 Å². The van der Waals surface area contributed by atoms with Crippen molar-refractivity contribution in [3.8, 4) is 5.75 Å². The predicted octanol–water partition coefficient (Wildman–Crippen LogP) is 4.87. The zero-order chi connectivity index (χ0) is 16.5. The van der Waals surface area contributed by atoms with Gasteiger partial charge in [0.1, 0.15) is 18.2 Å². The largest absolute Gasteiger partial charge is 0.489 e. The quantitative estimate of drug-likeness (QED) is 0.850. The van der Waals surface area contributed by atoms with Gasteiger partial charge in [-0.25, -0.2) is 4.39 Å². The van der Waals surface area contributed by atoms with Gasteiger partial charge < -0.3 is 9.84 Å². The lowest BCUT2D eigenvalue weighted by Gasteiger charge is -2.10. The molecule has 0 heterocycles. The minimum absolute atomic E-state index is 0.134. The molecule has 0 amide bonds. The summed E-state index contributed by atoms with van der Waals surface area (Å²) < 4.78 is 19.2. The summed E-state index contributed by atoms with van der Waals surface area (Å²) in [5.41, 5.74) is 1.66. The number of hydrogen-bond acceptors (Lipinski definition) is 2. The summed E-state index contributed by atoms with van der Waals surface area (Å²) in [7, 11) is 1.00. The minimum Gasteiger partial charge on any atom is -0.489 e. The van der Waals surface area contributed by atoms with Gasteiger partial charge in [0, 0.05) is 12.7 Å². The number of ether oxygens (including phenoxy) is 1. The number of aliphatic hydroxyl groups is 1. The lowest BCUT2D eigenvalue weighted by atomic mass is 10.0. The summed E-state index contributed by atoms with van der Waals surface area (Å²) in [5, 5.41) is 7.39. The van der Waals surface area contributed by atoms with Crippen molar-refractivity contribution in [1.29, 1.82) is 0 Å². The fourth-order valence-electron chi connectivity index (χ4n) is 2.02. The molecule has 0 spiro atoms. The molecule has 0 aromatic heterocycles. The lowest BCUT2D eigenvalue weighted by molar-refractivity contribution is 0.300. The molecule has 2 rings (SSSR count). The average Bonchev–Trinajstić information content (AvgIpc) is 2.50. The third-order valence-electron chi connectivity index (χ3n) is 3.01. The molecule has 22 heavy (non-hydrogen) atoms. The molecule has 0 aliphatic carbocycles. The van der Waals surface area contributed by atoms with E-state index in [4.69, 9.17) is 21.4 Å². The predicted molar refractivity (Wildman–Crippen MR) is 88.9 cm³/mol. The average molecular weight is 325 g/mol. The molecule has 0 aliphatic rings. The maximum Gasteiger partial charge on any atom is 0.131 e. The second kappa shape index (κ2) is 9.44. The summed E-state index contributed by atoms with van der Waals surface area (Å²) in [5.74, 6) is 1.00. The van der Waals surface area contributed by atoms with Gasteiger partial charge in [-0.15, -0.1) is 0 Å². The van der Waals surface area contributed by atoms with Crippen LogP contribution in [-0.2, 0) is 13.0 Å². The molecule has 0 atom stereocenters. The maximum absolute atomic E-state index is 13.6. The monoisotopic (exact) mass is 324 g/mol. The number of rotatable bonds is 5. The SMILES string of the molecule is CC(C)Cc1ccc(OCc2c(F)cccc2Cl)cc1.CO. The first-order chi connectivity index (χ1) is 10.6. The normalized spacial score (nSPS) is 10.1. The van der Waals surface area contributed by atoms with E-state index in [1.54, 1.807) is 12.1 Å². The smallest absolute Gasteiger partial charge is 0.131 e. The van der Waals surface area contributed by atoms with Crippen LogP contribution < -0.4 is 4.74 Å². The van der Waals surface area contributed by atoms with Crippen molar-refractivity contribution >= 4 is 11.6 Å². The fourth-order valence-corrected chi connectivity index (χ4v) is 2.24. The molecule has 2 aromatic carbocycles. The zero-order valence-corrected chi connectivity index (χ0v) is 13.9. The molecule has 4 heteroatoms. The highest BCUT2D eigenvalue weighted by Gasteiger charge is 2.07. The van der Waals surface area contributed by atoms with Crippen molar-refractivity contribution in [3.05, 3.63) is 64.4 Å². The Bertz CT molecular complexity index is 548. The topological polar surface area (TPSA) is 29.5 Å². The molecule has 0 fully saturated rings. The first-order valence-electron chi connectivity index (χ1n) is 7.15. The zero-order valence-electron chi connectivity index (χ0n) is 13.1. The number of benzene rings is 2. The van der Waals surface area contributed by atoms with Gasteiger partial charge in [-0.05, 0) is 42.2 Å². The molecule has 0 unspecified atom stereocenters. The van der Waals surface area contributed by atoms with Crippen LogP contribution in [0.3, 0.4) is 0 Å². The molecule has 120 valence electrons. The van der Waals surface area contributed by atoms with E-state index in [9.17, 15) is 4.39 Å². The van der Waals surface area contributed by atoms with E-state index in [2.05, 4.69) is 13.8 Å². The third kappa shape index (κ3) is 5.66. The van der Waals surface area contributed by atoms with Gasteiger partial charge in [0.15, 0.2) is 0 Å². The van der Waals surface area contributed by atoms with Gasteiger partial charge in [0.2, 0.25) is 0 Å². The Morgan fingerprint density at radius 3 is 2.27 bits per heavy atom. The van der Waals surface area contributed by atoms with E-state index in [1.807, 2.05) is 24.3 Å². The third-order valence-corrected chi connectivity index (χ3v) is 3.37. The minimum atomic E-state index is -0.339. The molecule has 0 aliphatic heterocycles. The van der Waals surface area contributed by atoms with E-state index in [0.717, 1.165) is 19.3 Å². The molecule has 0 saturated carbocycles. The highest BCUT2D eigenvalue weighted by atomic mass is 35.5. The molecule has 0 radical (unpaired) electrons. The van der Waals surface area contributed by atoms with E-state index in [1.165, 1.54) is 11.6 Å². The van der Waals surface area contributed by atoms with Crippen molar-refractivity contribution in [2.75, 3.05) is 7.11 Å². The Hall–Kier alpha value is -1.58. The van der Waals surface area contributed by atoms with Gasteiger partial charge in [0.05, 0.1) is 5.02 Å². The van der Waals surface area contributed by atoms with Crippen LogP contribution in [-0.4, -0.2) is 12.2 Å². The first-order valence-corrected chi connectivity index (χ1v) is 7.53. The van der Waals surface area contributed by atoms with E-state index >= 15 is 0 Å². The van der Waals surface area contributed by atoms with E-state index in [-0.39, 0.29) is 12.4 Å². The molecule has 0 saturated heterocycles. The second-order valence-corrected chi connectivity index (χ2v) is 5.64. The van der Waals surface area contributed by atoms with E-state index < -0.39 is 0 Å². The molecule has 0 bridgehead atoms. The lowest BCUT2D eigenvalue weighted by Crippen LogP contribution is -2.00. The summed E-state index contributed by atoms with van der Waals surface area (Å²) in [4.78, 5) is 0. The fraction of sp³-hybridized carbons (Fsp3) is 0.333. The first kappa shape index (κ1) is 18.5. The standard InChI is InChI=1S/C17H18ClFO.CH4O/c1-12(2)10-13-6-8-14(9-7-13)20-11-15-16(18)4-3-5-17(15)19;1-2/h3-9,12H,10-11H2,1-2H3;2H,1H3. The summed E-state index contributed by atoms with van der Waals surface area (Å²) in [6.07, 6.45) is 1.04. The van der Waals surface area contributed by atoms with Crippen LogP contribution in [0.25, 0.3) is 0 Å². The summed E-state index contributed by atoms with van der Waals surface area (Å²) in [6, 6.07) is 12.5. The Balaban J connectivity index is 0.00000116. The Morgan fingerprint density at radius 2 is 1.73 bits per heavy atom. The Labute approximate surface area is 136 Å². The molecule has 2 nitrogen and oxygen atoms in total. The van der Waals surface area contributed by atoms with Crippen molar-refractivity contribution < 1.29 is 14.2 Å². The van der Waals surface area contributed by atoms with Crippen molar-refractivity contribution in [2.24, 2.45) is 5.92 Å². The Kier molecular flexibility index (Phi) is 7.92. The number of aliphatic hydroxyl groups excluding tert-OH is 1. The van der Waals surface area contributed by atoms with Crippen LogP contribution in [0.1, 0.15) is 25.0 Å². The number of halogens is 2. The van der Waals surface area contributed by atoms with E-state index in [0.29, 0.717) is 16.5 Å². The van der Waals surface area contributed by atoms with Crippen LogP contribution >= 0.6 is 11.6 Å². The molecular formula is C18H22ClFO2. The van der Waals surface area contributed by atoms with Gasteiger partial charge in [-0.3, -0.25) is 0 Å². The van der Waals surface area contributed by atoms with Gasteiger partial charge >= 0.3 is 0 Å². The highest BCUT2D eigenvalue weighted by Crippen LogP contribution is 2.22. The van der Waals surface area contributed by atoms with Crippen LogP contribution in [0.5, 0.6) is 5.75 Å². The van der Waals surface area contributed by atoms with Crippen molar-refractivity contribution in [3.63, 3.8) is 0 Å². The molecule has 2 aromatic rings.